The fraction of sp³-hybridized carbons (Fsp3) is 0.278. The van der Waals surface area contributed by atoms with Crippen LogP contribution < -0.4 is 5.32 Å². The molecule has 0 heterocycles. The summed E-state index contributed by atoms with van der Waals surface area (Å²) in [5, 5.41) is 3.04. The van der Waals surface area contributed by atoms with E-state index in [2.05, 4.69) is 5.32 Å². The van der Waals surface area contributed by atoms with Crippen LogP contribution in [0, 0.1) is 0 Å². The molecule has 1 N–H and O–H groups in total. The summed E-state index contributed by atoms with van der Waals surface area (Å²) in [6, 6.07) is 16.5. The van der Waals surface area contributed by atoms with E-state index in [1.807, 2.05) is 30.3 Å². The molecule has 2 rings (SSSR count). The first kappa shape index (κ1) is 18.0. The molecule has 0 aliphatic heterocycles. The molecule has 0 fully saturated rings. The molecule has 0 radical (unpaired) electrons. The van der Waals surface area contributed by atoms with Crippen LogP contribution in [0.5, 0.6) is 0 Å². The lowest BCUT2D eigenvalue weighted by atomic mass is 10.2. The smallest absolute Gasteiger partial charge is 0.224 e. The highest BCUT2D eigenvalue weighted by atomic mass is 32.2. The summed E-state index contributed by atoms with van der Waals surface area (Å²) in [7, 11) is -1.54. The molecule has 0 saturated carbocycles. The Bertz CT molecular complexity index is 789. The molecule has 0 spiro atoms. The Balaban J connectivity index is 1.89. The van der Waals surface area contributed by atoms with Crippen LogP contribution in [0.15, 0.2) is 59.5 Å². The molecule has 2 aromatic rings. The number of anilines is 1. The molecular formula is C18H22N2O3S. The summed E-state index contributed by atoms with van der Waals surface area (Å²) < 4.78 is 23.5. The van der Waals surface area contributed by atoms with Crippen LogP contribution in [0.4, 0.5) is 5.69 Å². The maximum Gasteiger partial charge on any atom is 0.224 e. The van der Waals surface area contributed by atoms with Crippen molar-refractivity contribution < 1.29 is 13.2 Å². The van der Waals surface area contributed by atoms with Gasteiger partial charge in [-0.05, 0) is 17.7 Å². The molecule has 6 heteroatoms. The number of benzene rings is 2. The van der Waals surface area contributed by atoms with E-state index in [9.17, 15) is 13.2 Å². The number of carbonyl (C=O) groups excluding carboxylic acids is 1. The fourth-order valence-corrected chi connectivity index (χ4v) is 3.24. The Hall–Kier alpha value is -2.34. The van der Waals surface area contributed by atoms with E-state index in [4.69, 9.17) is 0 Å². The van der Waals surface area contributed by atoms with E-state index >= 15 is 0 Å². The largest absolute Gasteiger partial charge is 0.383 e. The van der Waals surface area contributed by atoms with E-state index in [0.29, 0.717) is 25.2 Å². The lowest BCUT2D eigenvalue weighted by Gasteiger charge is -2.18. The van der Waals surface area contributed by atoms with E-state index in [-0.39, 0.29) is 10.8 Å². The molecule has 1 amide bonds. The van der Waals surface area contributed by atoms with Crippen molar-refractivity contribution in [1.29, 1.82) is 0 Å². The highest BCUT2D eigenvalue weighted by Crippen LogP contribution is 2.20. The van der Waals surface area contributed by atoms with Crippen molar-refractivity contribution in [3.05, 3.63) is 60.2 Å². The zero-order valence-corrected chi connectivity index (χ0v) is 14.7. The number of hydrogen-bond donors (Lipinski definition) is 1. The SMILES string of the molecule is CN(Cc1ccccc1)C(=O)CCNc1ccccc1S(C)(=O)=O. The monoisotopic (exact) mass is 346 g/mol. The molecule has 0 saturated heterocycles. The molecule has 24 heavy (non-hydrogen) atoms. The van der Waals surface area contributed by atoms with Crippen LogP contribution in [0.25, 0.3) is 0 Å². The number of nitrogens with one attached hydrogen (secondary N) is 1. The number of sulfone groups is 1. The molecule has 5 nitrogen and oxygen atoms in total. The van der Waals surface area contributed by atoms with Crippen LogP contribution >= 0.6 is 0 Å². The third-order valence-electron chi connectivity index (χ3n) is 3.63. The van der Waals surface area contributed by atoms with Crippen LogP contribution in [-0.2, 0) is 21.2 Å². The molecule has 0 aliphatic carbocycles. The second-order valence-corrected chi connectivity index (χ2v) is 7.66. The summed E-state index contributed by atoms with van der Waals surface area (Å²) in [5.41, 5.74) is 1.60. The summed E-state index contributed by atoms with van der Waals surface area (Å²) in [5.74, 6) is 0.00295. The summed E-state index contributed by atoms with van der Waals surface area (Å²) >= 11 is 0. The third kappa shape index (κ3) is 5.09. The van der Waals surface area contributed by atoms with Crippen molar-refractivity contribution in [2.75, 3.05) is 25.2 Å². The number of hydrogen-bond acceptors (Lipinski definition) is 4. The Morgan fingerprint density at radius 3 is 2.33 bits per heavy atom. The second kappa shape index (κ2) is 7.97. The fourth-order valence-electron chi connectivity index (χ4n) is 2.38. The van der Waals surface area contributed by atoms with Gasteiger partial charge >= 0.3 is 0 Å². The van der Waals surface area contributed by atoms with Crippen molar-refractivity contribution in [3.8, 4) is 0 Å². The standard InChI is InChI=1S/C18H22N2O3S/c1-20(14-15-8-4-3-5-9-15)18(21)12-13-19-16-10-6-7-11-17(16)24(2,22)23/h3-11,19H,12-14H2,1-2H3. The van der Waals surface area contributed by atoms with Crippen LogP contribution in [0.1, 0.15) is 12.0 Å². The van der Waals surface area contributed by atoms with Gasteiger partial charge < -0.3 is 10.2 Å². The van der Waals surface area contributed by atoms with Gasteiger partial charge in [0, 0.05) is 32.8 Å². The number of para-hydroxylation sites is 1. The Labute approximate surface area is 143 Å². The van der Waals surface area contributed by atoms with Gasteiger partial charge in [0.2, 0.25) is 5.91 Å². The van der Waals surface area contributed by atoms with E-state index in [0.717, 1.165) is 5.56 Å². The highest BCUT2D eigenvalue weighted by Gasteiger charge is 2.13. The number of carbonyl (C=O) groups is 1. The molecule has 0 unspecified atom stereocenters. The van der Waals surface area contributed by atoms with Crippen LogP contribution in [-0.4, -0.2) is 39.1 Å². The maximum absolute atomic E-state index is 12.2. The summed E-state index contributed by atoms with van der Waals surface area (Å²) in [6.07, 6.45) is 1.47. The minimum absolute atomic E-state index is 0.00295. The van der Waals surface area contributed by atoms with Crippen LogP contribution in [0.2, 0.25) is 0 Å². The maximum atomic E-state index is 12.2. The van der Waals surface area contributed by atoms with Gasteiger partial charge in [-0.2, -0.15) is 0 Å². The average molecular weight is 346 g/mol. The number of rotatable bonds is 7. The normalized spacial score (nSPS) is 11.1. The van der Waals surface area contributed by atoms with Gasteiger partial charge in [-0.1, -0.05) is 42.5 Å². The summed E-state index contributed by atoms with van der Waals surface area (Å²) in [6.45, 7) is 0.935. The molecule has 0 aromatic heterocycles. The van der Waals surface area contributed by atoms with Gasteiger partial charge in [0.1, 0.15) is 0 Å². The average Bonchev–Trinajstić information content (AvgIpc) is 2.55. The van der Waals surface area contributed by atoms with E-state index in [1.165, 1.54) is 6.26 Å². The third-order valence-corrected chi connectivity index (χ3v) is 4.78. The molecule has 2 aromatic carbocycles. The van der Waals surface area contributed by atoms with Crippen molar-refractivity contribution in [2.24, 2.45) is 0 Å². The predicted molar refractivity (Wildman–Crippen MR) is 95.6 cm³/mol. The Morgan fingerprint density at radius 2 is 1.67 bits per heavy atom. The van der Waals surface area contributed by atoms with Crippen molar-refractivity contribution in [2.45, 2.75) is 17.9 Å². The predicted octanol–water partition coefficient (Wildman–Crippen LogP) is 2.55. The zero-order valence-electron chi connectivity index (χ0n) is 13.9. The number of nitrogens with zero attached hydrogens (tertiary/aromatic N) is 1. The quantitative estimate of drug-likeness (QED) is 0.837. The van der Waals surface area contributed by atoms with Crippen molar-refractivity contribution in [3.63, 3.8) is 0 Å². The first-order valence-electron chi connectivity index (χ1n) is 7.69. The molecular weight excluding hydrogens is 324 g/mol. The van der Waals surface area contributed by atoms with Gasteiger partial charge in [-0.3, -0.25) is 4.79 Å². The van der Waals surface area contributed by atoms with Crippen LogP contribution in [0.3, 0.4) is 0 Å². The van der Waals surface area contributed by atoms with Gasteiger partial charge in [0.05, 0.1) is 10.6 Å². The minimum atomic E-state index is -3.30. The molecule has 0 atom stereocenters. The van der Waals surface area contributed by atoms with Gasteiger partial charge in [-0.25, -0.2) is 8.42 Å². The molecule has 128 valence electrons. The number of amides is 1. The lowest BCUT2D eigenvalue weighted by Crippen LogP contribution is -2.27. The van der Waals surface area contributed by atoms with Crippen molar-refractivity contribution in [1.82, 2.24) is 4.90 Å². The molecule has 0 aliphatic rings. The molecule has 0 bridgehead atoms. The minimum Gasteiger partial charge on any atom is -0.383 e. The van der Waals surface area contributed by atoms with Gasteiger partial charge in [0.15, 0.2) is 9.84 Å². The first-order chi connectivity index (χ1) is 11.4. The van der Waals surface area contributed by atoms with E-state index < -0.39 is 9.84 Å². The Kier molecular flexibility index (Phi) is 5.98. The van der Waals surface area contributed by atoms with Crippen molar-refractivity contribution >= 4 is 21.4 Å². The topological polar surface area (TPSA) is 66.5 Å². The zero-order chi connectivity index (χ0) is 17.6. The Morgan fingerprint density at radius 1 is 1.04 bits per heavy atom. The first-order valence-corrected chi connectivity index (χ1v) is 9.58. The van der Waals surface area contributed by atoms with Gasteiger partial charge in [0.25, 0.3) is 0 Å². The van der Waals surface area contributed by atoms with E-state index in [1.54, 1.807) is 36.2 Å². The highest BCUT2D eigenvalue weighted by molar-refractivity contribution is 7.90. The lowest BCUT2D eigenvalue weighted by molar-refractivity contribution is -0.130. The second-order valence-electron chi connectivity index (χ2n) is 5.68. The van der Waals surface area contributed by atoms with Gasteiger partial charge in [-0.15, -0.1) is 0 Å². The summed E-state index contributed by atoms with van der Waals surface area (Å²) in [4.78, 5) is 14.1.